The molecule has 0 spiro atoms. The molecule has 0 saturated heterocycles. The van der Waals surface area contributed by atoms with Crippen LogP contribution in [0.15, 0.2) is 34.9 Å². The molecule has 1 aromatic carbocycles. The molecule has 15 heavy (non-hydrogen) atoms. The van der Waals surface area contributed by atoms with E-state index in [1.165, 1.54) is 5.56 Å². The van der Waals surface area contributed by atoms with Crippen molar-refractivity contribution < 1.29 is 0 Å². The van der Waals surface area contributed by atoms with Gasteiger partial charge in [0.25, 0.3) is 0 Å². The summed E-state index contributed by atoms with van der Waals surface area (Å²) in [5.41, 5.74) is 3.32. The SMILES string of the molecule is Cc1cccc(-c2cc(Br)nc(C)n2)c1. The van der Waals surface area contributed by atoms with Crippen LogP contribution in [0.25, 0.3) is 11.3 Å². The molecule has 1 aromatic heterocycles. The number of aryl methyl sites for hydroxylation is 2. The Labute approximate surface area is 97.5 Å². The summed E-state index contributed by atoms with van der Waals surface area (Å²) in [5.74, 6) is 0.779. The molecule has 0 fully saturated rings. The quantitative estimate of drug-likeness (QED) is 0.735. The molecule has 0 atom stereocenters. The van der Waals surface area contributed by atoms with Gasteiger partial charge in [0.1, 0.15) is 10.4 Å². The van der Waals surface area contributed by atoms with Crippen molar-refractivity contribution in [2.45, 2.75) is 13.8 Å². The monoisotopic (exact) mass is 262 g/mol. The van der Waals surface area contributed by atoms with Gasteiger partial charge in [-0.3, -0.25) is 0 Å². The number of rotatable bonds is 1. The lowest BCUT2D eigenvalue weighted by atomic mass is 10.1. The predicted molar refractivity (Wildman–Crippen MR) is 64.6 cm³/mol. The van der Waals surface area contributed by atoms with E-state index in [1.807, 2.05) is 19.1 Å². The van der Waals surface area contributed by atoms with E-state index in [4.69, 9.17) is 0 Å². The van der Waals surface area contributed by atoms with Gasteiger partial charge in [-0.05, 0) is 41.9 Å². The molecule has 0 aliphatic carbocycles. The molecule has 0 unspecified atom stereocenters. The summed E-state index contributed by atoms with van der Waals surface area (Å²) in [5, 5.41) is 0. The topological polar surface area (TPSA) is 25.8 Å². The molecule has 2 aromatic rings. The largest absolute Gasteiger partial charge is 0.233 e. The van der Waals surface area contributed by atoms with Crippen molar-refractivity contribution >= 4 is 15.9 Å². The highest BCUT2D eigenvalue weighted by Crippen LogP contribution is 2.20. The molecule has 0 amide bonds. The second-order valence-electron chi connectivity index (χ2n) is 3.49. The van der Waals surface area contributed by atoms with Crippen LogP contribution in [-0.4, -0.2) is 9.97 Å². The highest BCUT2D eigenvalue weighted by atomic mass is 79.9. The molecular formula is C12H11BrN2. The van der Waals surface area contributed by atoms with Crippen LogP contribution in [0.1, 0.15) is 11.4 Å². The Hall–Kier alpha value is -1.22. The Bertz CT molecular complexity index is 474. The van der Waals surface area contributed by atoms with Crippen LogP contribution in [-0.2, 0) is 0 Å². The third-order valence-corrected chi connectivity index (χ3v) is 2.53. The van der Waals surface area contributed by atoms with E-state index in [2.05, 4.69) is 51.0 Å². The minimum absolute atomic E-state index is 0.779. The van der Waals surface area contributed by atoms with E-state index >= 15 is 0 Å². The Balaban J connectivity index is 2.54. The van der Waals surface area contributed by atoms with Crippen LogP contribution in [0.4, 0.5) is 0 Å². The molecule has 1 heterocycles. The molecule has 0 aliphatic rings. The van der Waals surface area contributed by atoms with Gasteiger partial charge in [-0.2, -0.15) is 0 Å². The van der Waals surface area contributed by atoms with E-state index in [0.717, 1.165) is 21.7 Å². The molecule has 3 heteroatoms. The van der Waals surface area contributed by atoms with Gasteiger partial charge in [0.15, 0.2) is 0 Å². The second-order valence-corrected chi connectivity index (χ2v) is 4.31. The molecule has 76 valence electrons. The van der Waals surface area contributed by atoms with Gasteiger partial charge in [-0.25, -0.2) is 9.97 Å². The van der Waals surface area contributed by atoms with Crippen LogP contribution in [0.2, 0.25) is 0 Å². The molecule has 2 nitrogen and oxygen atoms in total. The van der Waals surface area contributed by atoms with E-state index in [0.29, 0.717) is 0 Å². The van der Waals surface area contributed by atoms with Crippen LogP contribution < -0.4 is 0 Å². The Morgan fingerprint density at radius 1 is 1.07 bits per heavy atom. The van der Waals surface area contributed by atoms with Crippen molar-refractivity contribution in [2.24, 2.45) is 0 Å². The van der Waals surface area contributed by atoms with Crippen molar-refractivity contribution in [2.75, 3.05) is 0 Å². The molecule has 0 aliphatic heterocycles. The van der Waals surface area contributed by atoms with Crippen molar-refractivity contribution in [3.63, 3.8) is 0 Å². The predicted octanol–water partition coefficient (Wildman–Crippen LogP) is 3.52. The molecular weight excluding hydrogens is 252 g/mol. The standard InChI is InChI=1S/C12H11BrN2/c1-8-4-3-5-10(6-8)11-7-12(13)15-9(2)14-11/h3-7H,1-2H3. The van der Waals surface area contributed by atoms with Gasteiger partial charge in [-0.15, -0.1) is 0 Å². The third-order valence-electron chi connectivity index (χ3n) is 2.12. The minimum atomic E-state index is 0.779. The van der Waals surface area contributed by atoms with Gasteiger partial charge in [-0.1, -0.05) is 23.8 Å². The summed E-state index contributed by atoms with van der Waals surface area (Å²) in [7, 11) is 0. The van der Waals surface area contributed by atoms with Crippen molar-refractivity contribution in [1.82, 2.24) is 9.97 Å². The number of hydrogen-bond donors (Lipinski definition) is 0. The van der Waals surface area contributed by atoms with E-state index < -0.39 is 0 Å². The summed E-state index contributed by atoms with van der Waals surface area (Å²) in [4.78, 5) is 8.59. The average Bonchev–Trinajstić information content (AvgIpc) is 2.16. The zero-order chi connectivity index (χ0) is 10.8. The maximum absolute atomic E-state index is 4.40. The molecule has 0 radical (unpaired) electrons. The molecule has 0 bridgehead atoms. The van der Waals surface area contributed by atoms with Crippen LogP contribution >= 0.6 is 15.9 Å². The first-order valence-electron chi connectivity index (χ1n) is 4.73. The van der Waals surface area contributed by atoms with E-state index in [-0.39, 0.29) is 0 Å². The third kappa shape index (κ3) is 2.42. The molecule has 0 N–H and O–H groups in total. The summed E-state index contributed by atoms with van der Waals surface area (Å²) in [6, 6.07) is 10.2. The highest BCUT2D eigenvalue weighted by molar-refractivity contribution is 9.10. The smallest absolute Gasteiger partial charge is 0.127 e. The fourth-order valence-electron chi connectivity index (χ4n) is 1.48. The number of benzene rings is 1. The van der Waals surface area contributed by atoms with Crippen LogP contribution in [0, 0.1) is 13.8 Å². The zero-order valence-corrected chi connectivity index (χ0v) is 10.2. The summed E-state index contributed by atoms with van der Waals surface area (Å²) < 4.78 is 0.825. The van der Waals surface area contributed by atoms with E-state index in [9.17, 15) is 0 Å². The fraction of sp³-hybridized carbons (Fsp3) is 0.167. The van der Waals surface area contributed by atoms with Gasteiger partial charge in [0.2, 0.25) is 0 Å². The first-order chi connectivity index (χ1) is 7.15. The lowest BCUT2D eigenvalue weighted by molar-refractivity contribution is 1.04. The Morgan fingerprint density at radius 3 is 2.53 bits per heavy atom. The van der Waals surface area contributed by atoms with E-state index in [1.54, 1.807) is 0 Å². The first-order valence-corrected chi connectivity index (χ1v) is 5.53. The zero-order valence-electron chi connectivity index (χ0n) is 8.66. The number of halogens is 1. The highest BCUT2D eigenvalue weighted by Gasteiger charge is 2.02. The minimum Gasteiger partial charge on any atom is -0.233 e. The number of aromatic nitrogens is 2. The van der Waals surface area contributed by atoms with Crippen molar-refractivity contribution in [1.29, 1.82) is 0 Å². The Kier molecular flexibility index (Phi) is 2.82. The maximum Gasteiger partial charge on any atom is 0.127 e. The fourth-order valence-corrected chi connectivity index (χ4v) is 1.96. The summed E-state index contributed by atoms with van der Waals surface area (Å²) >= 11 is 3.38. The maximum atomic E-state index is 4.40. The van der Waals surface area contributed by atoms with Gasteiger partial charge in [0.05, 0.1) is 5.69 Å². The lowest BCUT2D eigenvalue weighted by Crippen LogP contribution is -1.91. The average molecular weight is 263 g/mol. The summed E-state index contributed by atoms with van der Waals surface area (Å²) in [6.07, 6.45) is 0. The van der Waals surface area contributed by atoms with Gasteiger partial charge < -0.3 is 0 Å². The number of hydrogen-bond acceptors (Lipinski definition) is 2. The van der Waals surface area contributed by atoms with Gasteiger partial charge in [0, 0.05) is 5.56 Å². The van der Waals surface area contributed by atoms with Crippen LogP contribution in [0.5, 0.6) is 0 Å². The van der Waals surface area contributed by atoms with Crippen molar-refractivity contribution in [3.05, 3.63) is 46.3 Å². The normalized spacial score (nSPS) is 10.3. The first kappa shape index (κ1) is 10.3. The van der Waals surface area contributed by atoms with Crippen LogP contribution in [0.3, 0.4) is 0 Å². The second kappa shape index (κ2) is 4.11. The Morgan fingerprint density at radius 2 is 1.87 bits per heavy atom. The molecule has 0 saturated carbocycles. The van der Waals surface area contributed by atoms with Crippen molar-refractivity contribution in [3.8, 4) is 11.3 Å². The van der Waals surface area contributed by atoms with Gasteiger partial charge >= 0.3 is 0 Å². The lowest BCUT2D eigenvalue weighted by Gasteiger charge is -2.03. The number of nitrogens with zero attached hydrogens (tertiary/aromatic N) is 2. The summed E-state index contributed by atoms with van der Waals surface area (Å²) in [6.45, 7) is 3.97. The molecule has 2 rings (SSSR count).